The molecule has 0 aliphatic carbocycles. The highest BCUT2D eigenvalue weighted by Gasteiger charge is 2.13. The molecule has 2 aromatic rings. The van der Waals surface area contributed by atoms with Crippen LogP contribution in [0.2, 0.25) is 0 Å². The number of benzene rings is 1. The van der Waals surface area contributed by atoms with E-state index in [1.807, 2.05) is 18.2 Å². The van der Waals surface area contributed by atoms with E-state index in [-0.39, 0.29) is 0 Å². The van der Waals surface area contributed by atoms with Crippen LogP contribution < -0.4 is 9.47 Å². The van der Waals surface area contributed by atoms with Crippen LogP contribution in [-0.4, -0.2) is 23.2 Å². The SMILES string of the molecule is Brc1ncncc1-c1ccc2c(c1)OCCO2. The summed E-state index contributed by atoms with van der Waals surface area (Å²) in [7, 11) is 0. The molecule has 3 rings (SSSR count). The van der Waals surface area contributed by atoms with Crippen LogP contribution in [-0.2, 0) is 0 Å². The van der Waals surface area contributed by atoms with Crippen molar-refractivity contribution in [2.24, 2.45) is 0 Å². The van der Waals surface area contributed by atoms with E-state index in [0.717, 1.165) is 27.2 Å². The average Bonchev–Trinajstić information content (AvgIpc) is 2.39. The largest absolute Gasteiger partial charge is 0.486 e. The monoisotopic (exact) mass is 292 g/mol. The van der Waals surface area contributed by atoms with Gasteiger partial charge in [-0.25, -0.2) is 9.97 Å². The van der Waals surface area contributed by atoms with Gasteiger partial charge in [0.15, 0.2) is 11.5 Å². The molecule has 1 aromatic heterocycles. The van der Waals surface area contributed by atoms with Crippen molar-refractivity contribution in [2.45, 2.75) is 0 Å². The molecular formula is C12H9BrN2O2. The van der Waals surface area contributed by atoms with Crippen LogP contribution in [0.25, 0.3) is 11.1 Å². The number of halogens is 1. The lowest BCUT2D eigenvalue weighted by Gasteiger charge is -2.18. The maximum absolute atomic E-state index is 5.54. The van der Waals surface area contributed by atoms with Crippen LogP contribution in [0, 0.1) is 0 Å². The minimum absolute atomic E-state index is 0.586. The molecule has 4 nitrogen and oxygen atoms in total. The van der Waals surface area contributed by atoms with Gasteiger partial charge in [-0.05, 0) is 33.6 Å². The number of fused-ring (bicyclic) bond motifs is 1. The molecule has 2 heterocycles. The quantitative estimate of drug-likeness (QED) is 0.758. The summed E-state index contributed by atoms with van der Waals surface area (Å²) in [5, 5.41) is 0. The van der Waals surface area contributed by atoms with Crippen molar-refractivity contribution < 1.29 is 9.47 Å². The number of nitrogens with zero attached hydrogens (tertiary/aromatic N) is 2. The molecule has 86 valence electrons. The Hall–Kier alpha value is -1.62. The zero-order chi connectivity index (χ0) is 11.7. The fourth-order valence-electron chi connectivity index (χ4n) is 1.72. The highest BCUT2D eigenvalue weighted by Crippen LogP contribution is 2.35. The van der Waals surface area contributed by atoms with E-state index >= 15 is 0 Å². The average molecular weight is 293 g/mol. The number of hydrogen-bond acceptors (Lipinski definition) is 4. The molecule has 0 bridgehead atoms. The first kappa shape index (κ1) is 10.5. The van der Waals surface area contributed by atoms with Crippen molar-refractivity contribution in [1.82, 2.24) is 9.97 Å². The molecule has 0 spiro atoms. The van der Waals surface area contributed by atoms with Crippen molar-refractivity contribution in [3.8, 4) is 22.6 Å². The molecule has 0 atom stereocenters. The van der Waals surface area contributed by atoms with E-state index in [4.69, 9.17) is 9.47 Å². The number of aromatic nitrogens is 2. The normalized spacial score (nSPS) is 13.5. The van der Waals surface area contributed by atoms with Crippen molar-refractivity contribution in [2.75, 3.05) is 13.2 Å². The van der Waals surface area contributed by atoms with Crippen LogP contribution in [0.5, 0.6) is 11.5 Å². The van der Waals surface area contributed by atoms with Gasteiger partial charge < -0.3 is 9.47 Å². The lowest BCUT2D eigenvalue weighted by Crippen LogP contribution is -2.15. The molecule has 0 radical (unpaired) electrons. The number of rotatable bonds is 1. The van der Waals surface area contributed by atoms with E-state index < -0.39 is 0 Å². The summed E-state index contributed by atoms with van der Waals surface area (Å²) >= 11 is 3.41. The second kappa shape index (κ2) is 4.33. The highest BCUT2D eigenvalue weighted by molar-refractivity contribution is 9.10. The summed E-state index contributed by atoms with van der Waals surface area (Å²) in [5.74, 6) is 1.55. The van der Waals surface area contributed by atoms with Gasteiger partial charge in [0, 0.05) is 11.8 Å². The van der Waals surface area contributed by atoms with Gasteiger partial charge in [0.1, 0.15) is 24.1 Å². The Morgan fingerprint density at radius 2 is 1.94 bits per heavy atom. The predicted octanol–water partition coefficient (Wildman–Crippen LogP) is 2.68. The van der Waals surface area contributed by atoms with Gasteiger partial charge in [-0.1, -0.05) is 6.07 Å². The van der Waals surface area contributed by atoms with Gasteiger partial charge in [-0.2, -0.15) is 0 Å². The van der Waals surface area contributed by atoms with E-state index in [0.29, 0.717) is 13.2 Å². The van der Waals surface area contributed by atoms with E-state index in [2.05, 4.69) is 25.9 Å². The third kappa shape index (κ3) is 1.98. The highest BCUT2D eigenvalue weighted by atomic mass is 79.9. The Kier molecular flexibility index (Phi) is 2.68. The van der Waals surface area contributed by atoms with Gasteiger partial charge in [-0.15, -0.1) is 0 Å². The standard InChI is InChI=1S/C12H9BrN2O2/c13-12-9(6-14-7-15-12)8-1-2-10-11(5-8)17-4-3-16-10/h1-2,5-7H,3-4H2. The molecule has 1 aliphatic rings. The lowest BCUT2D eigenvalue weighted by molar-refractivity contribution is 0.171. The Labute approximate surface area is 107 Å². The third-order valence-corrected chi connectivity index (χ3v) is 3.15. The molecule has 1 aromatic carbocycles. The molecule has 0 saturated carbocycles. The molecular weight excluding hydrogens is 284 g/mol. The molecule has 0 amide bonds. The van der Waals surface area contributed by atoms with Crippen LogP contribution >= 0.6 is 15.9 Å². The third-order valence-electron chi connectivity index (χ3n) is 2.52. The van der Waals surface area contributed by atoms with E-state index in [1.54, 1.807) is 6.20 Å². The van der Waals surface area contributed by atoms with Gasteiger partial charge in [-0.3, -0.25) is 0 Å². The summed E-state index contributed by atoms with van der Waals surface area (Å²) in [6.07, 6.45) is 3.27. The smallest absolute Gasteiger partial charge is 0.161 e. The topological polar surface area (TPSA) is 44.2 Å². The molecule has 17 heavy (non-hydrogen) atoms. The van der Waals surface area contributed by atoms with Gasteiger partial charge in [0.05, 0.1) is 0 Å². The zero-order valence-electron chi connectivity index (χ0n) is 8.89. The molecule has 0 saturated heterocycles. The van der Waals surface area contributed by atoms with Gasteiger partial charge in [0.25, 0.3) is 0 Å². The second-order valence-electron chi connectivity index (χ2n) is 3.59. The fourth-order valence-corrected chi connectivity index (χ4v) is 2.14. The van der Waals surface area contributed by atoms with Gasteiger partial charge >= 0.3 is 0 Å². The van der Waals surface area contributed by atoms with Crippen molar-refractivity contribution in [3.05, 3.63) is 35.3 Å². The van der Waals surface area contributed by atoms with Crippen LogP contribution in [0.3, 0.4) is 0 Å². The van der Waals surface area contributed by atoms with Crippen LogP contribution in [0.1, 0.15) is 0 Å². The molecule has 1 aliphatic heterocycles. The number of ether oxygens (including phenoxy) is 2. The van der Waals surface area contributed by atoms with Crippen molar-refractivity contribution in [3.63, 3.8) is 0 Å². The molecule has 5 heteroatoms. The Balaban J connectivity index is 2.07. The lowest BCUT2D eigenvalue weighted by atomic mass is 10.1. The Morgan fingerprint density at radius 1 is 1.12 bits per heavy atom. The fraction of sp³-hybridized carbons (Fsp3) is 0.167. The predicted molar refractivity (Wildman–Crippen MR) is 66.2 cm³/mol. The first-order valence-electron chi connectivity index (χ1n) is 5.20. The molecule has 0 fully saturated rings. The van der Waals surface area contributed by atoms with Crippen molar-refractivity contribution in [1.29, 1.82) is 0 Å². The molecule has 0 N–H and O–H groups in total. The maximum atomic E-state index is 5.54. The first-order valence-corrected chi connectivity index (χ1v) is 5.99. The van der Waals surface area contributed by atoms with Crippen molar-refractivity contribution >= 4 is 15.9 Å². The van der Waals surface area contributed by atoms with Gasteiger partial charge in [0.2, 0.25) is 0 Å². The van der Waals surface area contributed by atoms with Crippen LogP contribution in [0.15, 0.2) is 35.3 Å². The zero-order valence-corrected chi connectivity index (χ0v) is 10.5. The summed E-state index contributed by atoms with van der Waals surface area (Å²) < 4.78 is 11.8. The van der Waals surface area contributed by atoms with Crippen LogP contribution in [0.4, 0.5) is 0 Å². The maximum Gasteiger partial charge on any atom is 0.161 e. The van der Waals surface area contributed by atoms with E-state index in [1.165, 1.54) is 6.33 Å². The molecule has 0 unspecified atom stereocenters. The van der Waals surface area contributed by atoms with E-state index in [9.17, 15) is 0 Å². The Bertz CT molecular complexity index is 560. The summed E-state index contributed by atoms with van der Waals surface area (Å²) in [5.41, 5.74) is 1.94. The Morgan fingerprint density at radius 3 is 2.76 bits per heavy atom. The minimum atomic E-state index is 0.586. The summed E-state index contributed by atoms with van der Waals surface area (Å²) in [6.45, 7) is 1.19. The minimum Gasteiger partial charge on any atom is -0.486 e. The second-order valence-corrected chi connectivity index (χ2v) is 4.34. The summed E-state index contributed by atoms with van der Waals surface area (Å²) in [6, 6.07) is 5.82. The first-order chi connectivity index (χ1) is 8.34. The number of hydrogen-bond donors (Lipinski definition) is 0. The summed E-state index contributed by atoms with van der Waals surface area (Å²) in [4.78, 5) is 8.12.